The van der Waals surface area contributed by atoms with E-state index >= 15 is 0 Å². The molecule has 1 aliphatic rings. The Morgan fingerprint density at radius 2 is 1.88 bits per heavy atom. The Hall–Kier alpha value is -4.03. The third-order valence-corrected chi connectivity index (χ3v) is 9.47. The molecule has 0 bridgehead atoms. The summed E-state index contributed by atoms with van der Waals surface area (Å²) in [5.41, 5.74) is 1.59. The molecule has 43 heavy (non-hydrogen) atoms. The second kappa shape index (κ2) is 11.9. The molecule has 13 heteroatoms. The molecule has 1 atom stereocenters. The summed E-state index contributed by atoms with van der Waals surface area (Å²) in [6.07, 6.45) is 0. The summed E-state index contributed by atoms with van der Waals surface area (Å²) in [6.45, 7) is 0. The van der Waals surface area contributed by atoms with E-state index in [1.165, 1.54) is 30.9 Å². The average molecular weight is 655 g/mol. The van der Waals surface area contributed by atoms with Crippen molar-refractivity contribution in [2.75, 3.05) is 19.1 Å². The number of halogens is 2. The molecule has 0 saturated heterocycles. The lowest BCUT2D eigenvalue weighted by atomic mass is 9.95. The molecule has 2 aromatic heterocycles. The highest BCUT2D eigenvalue weighted by molar-refractivity contribution is 8.00. The number of hydrogen-bond donors (Lipinski definition) is 1. The van der Waals surface area contributed by atoms with Gasteiger partial charge in [0.25, 0.3) is 5.91 Å². The van der Waals surface area contributed by atoms with Crippen LogP contribution in [0.25, 0.3) is 11.0 Å². The van der Waals surface area contributed by atoms with Crippen molar-refractivity contribution < 1.29 is 28.6 Å². The number of rotatable bonds is 9. The highest BCUT2D eigenvalue weighted by Crippen LogP contribution is 2.45. The molecule has 1 unspecified atom stereocenters. The van der Waals surface area contributed by atoms with Gasteiger partial charge < -0.3 is 19.0 Å². The number of ketones is 1. The minimum atomic E-state index is -1.04. The molecule has 3 aromatic carbocycles. The molecule has 5 aromatic rings. The third kappa shape index (κ3) is 5.45. The molecule has 0 aliphatic carbocycles. The minimum absolute atomic E-state index is 0.0584. The molecule has 1 aliphatic heterocycles. The highest BCUT2D eigenvalue weighted by atomic mass is 35.5. The number of amides is 1. The lowest BCUT2D eigenvalue weighted by Crippen LogP contribution is -2.31. The van der Waals surface area contributed by atoms with Crippen molar-refractivity contribution in [1.29, 1.82) is 0 Å². The van der Waals surface area contributed by atoms with Crippen LogP contribution < -0.4 is 14.4 Å². The van der Waals surface area contributed by atoms with E-state index in [4.69, 9.17) is 37.1 Å². The van der Waals surface area contributed by atoms with Crippen LogP contribution in [0, 0.1) is 0 Å². The van der Waals surface area contributed by atoms with E-state index in [2.05, 4.69) is 10.2 Å². The molecule has 0 saturated carbocycles. The summed E-state index contributed by atoms with van der Waals surface area (Å²) in [6, 6.07) is 17.9. The zero-order valence-corrected chi connectivity index (χ0v) is 25.7. The molecule has 0 fully saturated rings. The molecule has 218 valence electrons. The van der Waals surface area contributed by atoms with Crippen molar-refractivity contribution >= 4 is 74.1 Å². The molecular weight excluding hydrogens is 633 g/mol. The van der Waals surface area contributed by atoms with Gasteiger partial charge in [0.1, 0.15) is 5.75 Å². The standard InChI is InChI=1S/C30H21Cl2N3O6S2/c1-39-19-7-3-5-15(11-19)24-23(25(36)22-12-16-6-4-8-21(40-2)27(16)41-22)26(37)28(38)35(24)29-33-34-30(43-29)42-14-17-9-10-18(31)13-20(17)32/h3-13,24,37H,14H2,1-2H3. The van der Waals surface area contributed by atoms with Crippen molar-refractivity contribution in [1.82, 2.24) is 10.2 Å². The normalized spacial score (nSPS) is 15.0. The maximum Gasteiger partial charge on any atom is 0.296 e. The number of hydrogen-bond acceptors (Lipinski definition) is 10. The predicted molar refractivity (Wildman–Crippen MR) is 166 cm³/mol. The number of ether oxygens (including phenoxy) is 2. The second-order valence-electron chi connectivity index (χ2n) is 9.31. The number of furan rings is 1. The Kier molecular flexibility index (Phi) is 8.06. The van der Waals surface area contributed by atoms with E-state index in [0.717, 1.165) is 16.9 Å². The van der Waals surface area contributed by atoms with Crippen LogP contribution in [-0.4, -0.2) is 41.2 Å². The third-order valence-electron chi connectivity index (χ3n) is 6.78. The van der Waals surface area contributed by atoms with Gasteiger partial charge in [-0.15, -0.1) is 10.2 Å². The first-order valence-corrected chi connectivity index (χ1v) is 15.3. The van der Waals surface area contributed by atoms with Gasteiger partial charge in [-0.25, -0.2) is 0 Å². The number of benzene rings is 3. The molecule has 0 spiro atoms. The number of nitrogens with zero attached hydrogens (tertiary/aromatic N) is 3. The minimum Gasteiger partial charge on any atom is -0.503 e. The zero-order chi connectivity index (χ0) is 30.2. The number of thioether (sulfide) groups is 1. The van der Waals surface area contributed by atoms with Gasteiger partial charge in [-0.2, -0.15) is 0 Å². The van der Waals surface area contributed by atoms with Gasteiger partial charge in [0.15, 0.2) is 27.2 Å². The first-order chi connectivity index (χ1) is 20.8. The Balaban J connectivity index is 1.37. The molecule has 6 rings (SSSR count). The number of carbonyl (C=O) groups excluding carboxylic acids is 2. The van der Waals surface area contributed by atoms with E-state index in [9.17, 15) is 14.7 Å². The number of carbonyl (C=O) groups is 2. The van der Waals surface area contributed by atoms with Crippen LogP contribution in [0.1, 0.15) is 27.7 Å². The number of aromatic nitrogens is 2. The number of anilines is 1. The molecule has 1 N–H and O–H groups in total. The maximum absolute atomic E-state index is 14.0. The summed E-state index contributed by atoms with van der Waals surface area (Å²) < 4.78 is 17.2. The molecule has 9 nitrogen and oxygen atoms in total. The van der Waals surface area contributed by atoms with Crippen LogP contribution in [0.2, 0.25) is 10.0 Å². The fourth-order valence-corrected chi connectivity index (χ4v) is 7.17. The Morgan fingerprint density at radius 3 is 2.65 bits per heavy atom. The lowest BCUT2D eigenvalue weighted by molar-refractivity contribution is -0.117. The van der Waals surface area contributed by atoms with Crippen LogP contribution in [-0.2, 0) is 10.5 Å². The molecule has 1 amide bonds. The SMILES string of the molecule is COc1cccc(C2C(C(=O)c3cc4cccc(OC)c4o3)=C(O)C(=O)N2c2nnc(SCc3ccc(Cl)cc3Cl)s2)c1. The largest absolute Gasteiger partial charge is 0.503 e. The topological polar surface area (TPSA) is 115 Å². The summed E-state index contributed by atoms with van der Waals surface area (Å²) in [7, 11) is 3.01. The molecule has 0 radical (unpaired) electrons. The summed E-state index contributed by atoms with van der Waals surface area (Å²) in [5, 5.41) is 21.6. The second-order valence-corrected chi connectivity index (χ2v) is 12.3. The Bertz CT molecular complexity index is 1920. The lowest BCUT2D eigenvalue weighted by Gasteiger charge is -2.24. The van der Waals surface area contributed by atoms with E-state index in [-0.39, 0.29) is 16.5 Å². The van der Waals surface area contributed by atoms with Crippen LogP contribution >= 0.6 is 46.3 Å². The molecule has 3 heterocycles. The van der Waals surface area contributed by atoms with Crippen LogP contribution in [0.5, 0.6) is 11.5 Å². The van der Waals surface area contributed by atoms with Gasteiger partial charge in [-0.05, 0) is 47.5 Å². The number of Topliss-reactive ketones (excluding diaryl/α,β-unsaturated/α-hetero) is 1. The Labute approximate surface area is 263 Å². The van der Waals surface area contributed by atoms with Crippen molar-refractivity contribution in [3.63, 3.8) is 0 Å². The number of fused-ring (bicyclic) bond motifs is 1. The van der Waals surface area contributed by atoms with E-state index in [1.54, 1.807) is 60.7 Å². The first-order valence-electron chi connectivity index (χ1n) is 12.7. The van der Waals surface area contributed by atoms with Gasteiger partial charge >= 0.3 is 0 Å². The van der Waals surface area contributed by atoms with Crippen LogP contribution in [0.15, 0.2) is 86.8 Å². The quantitative estimate of drug-likeness (QED) is 0.0971. The predicted octanol–water partition coefficient (Wildman–Crippen LogP) is 7.68. The fraction of sp³-hybridized carbons (Fsp3) is 0.133. The van der Waals surface area contributed by atoms with Gasteiger partial charge in [-0.3, -0.25) is 14.5 Å². The van der Waals surface area contributed by atoms with Gasteiger partial charge in [0.05, 0.1) is 25.8 Å². The van der Waals surface area contributed by atoms with E-state index in [0.29, 0.717) is 48.2 Å². The van der Waals surface area contributed by atoms with Gasteiger partial charge in [-0.1, -0.05) is 76.6 Å². The monoisotopic (exact) mass is 653 g/mol. The summed E-state index contributed by atoms with van der Waals surface area (Å²) in [5.74, 6) is -0.777. The first kappa shape index (κ1) is 29.1. The Morgan fingerprint density at radius 1 is 1.07 bits per heavy atom. The van der Waals surface area contributed by atoms with Gasteiger partial charge in [0.2, 0.25) is 10.9 Å². The summed E-state index contributed by atoms with van der Waals surface area (Å²) in [4.78, 5) is 28.9. The number of para-hydroxylation sites is 1. The maximum atomic E-state index is 14.0. The van der Waals surface area contributed by atoms with Crippen LogP contribution in [0.3, 0.4) is 0 Å². The van der Waals surface area contributed by atoms with Gasteiger partial charge in [0, 0.05) is 21.2 Å². The number of methoxy groups -OCH3 is 2. The fourth-order valence-electron chi connectivity index (χ4n) is 4.74. The van der Waals surface area contributed by atoms with Crippen molar-refractivity contribution in [3.8, 4) is 11.5 Å². The van der Waals surface area contributed by atoms with Crippen LogP contribution in [0.4, 0.5) is 5.13 Å². The molecular formula is C30H21Cl2N3O6S2. The van der Waals surface area contributed by atoms with Crippen molar-refractivity contribution in [2.24, 2.45) is 0 Å². The highest BCUT2D eigenvalue weighted by Gasteiger charge is 2.47. The van der Waals surface area contributed by atoms with E-state index in [1.807, 2.05) is 6.07 Å². The number of aliphatic hydroxyl groups is 1. The van der Waals surface area contributed by atoms with E-state index < -0.39 is 23.5 Å². The number of aliphatic hydroxyl groups excluding tert-OH is 1. The van der Waals surface area contributed by atoms with Crippen molar-refractivity contribution in [3.05, 3.63) is 105 Å². The van der Waals surface area contributed by atoms with Crippen molar-refractivity contribution in [2.45, 2.75) is 16.1 Å². The smallest absolute Gasteiger partial charge is 0.296 e. The zero-order valence-electron chi connectivity index (χ0n) is 22.5. The average Bonchev–Trinajstić information content (AvgIpc) is 3.73. The summed E-state index contributed by atoms with van der Waals surface area (Å²) >= 11 is 14.9.